The summed E-state index contributed by atoms with van der Waals surface area (Å²) in [5.74, 6) is 1.83. The Morgan fingerprint density at radius 2 is 1.82 bits per heavy atom. The van der Waals surface area contributed by atoms with Crippen molar-refractivity contribution < 1.29 is 4.79 Å². The third-order valence-corrected chi connectivity index (χ3v) is 5.21. The average Bonchev–Trinajstić information content (AvgIpc) is 3.10. The molecule has 0 atom stereocenters. The van der Waals surface area contributed by atoms with Gasteiger partial charge in [-0.3, -0.25) is 4.79 Å². The summed E-state index contributed by atoms with van der Waals surface area (Å²) in [6.07, 6.45) is 0.968. The van der Waals surface area contributed by atoms with Gasteiger partial charge < -0.3 is 20.5 Å². The fourth-order valence-corrected chi connectivity index (χ4v) is 3.41. The summed E-state index contributed by atoms with van der Waals surface area (Å²) in [6.45, 7) is 11.0. The molecule has 0 aliphatic heterocycles. The molecule has 3 rings (SSSR count). The number of hydrogen-bond donors (Lipinski definition) is 3. The Balaban J connectivity index is 0.00000385. The lowest BCUT2D eigenvalue weighted by Crippen LogP contribution is -2.38. The Labute approximate surface area is 213 Å². The number of fused-ring (bicyclic) bond motifs is 1. The molecule has 3 aromatic rings. The van der Waals surface area contributed by atoms with Gasteiger partial charge in [-0.25, -0.2) is 9.98 Å². The smallest absolute Gasteiger partial charge is 0.226 e. The van der Waals surface area contributed by atoms with Crippen molar-refractivity contribution in [2.75, 3.05) is 18.4 Å². The molecular weight excluding hydrogens is 527 g/mol. The van der Waals surface area contributed by atoms with Gasteiger partial charge in [0.05, 0.1) is 17.6 Å². The highest BCUT2D eigenvalue weighted by molar-refractivity contribution is 14.0. The van der Waals surface area contributed by atoms with Gasteiger partial charge in [0.1, 0.15) is 5.82 Å². The highest BCUT2D eigenvalue weighted by atomic mass is 127. The van der Waals surface area contributed by atoms with Gasteiger partial charge in [-0.2, -0.15) is 0 Å². The van der Waals surface area contributed by atoms with E-state index in [1.807, 2.05) is 44.2 Å². The lowest BCUT2D eigenvalue weighted by molar-refractivity contribution is -0.118. The summed E-state index contributed by atoms with van der Waals surface area (Å²) in [7, 11) is 0. The van der Waals surface area contributed by atoms with E-state index >= 15 is 0 Å². The molecule has 0 bridgehead atoms. The molecule has 1 aromatic heterocycles. The number of carbonyl (C=O) groups is 1. The number of anilines is 1. The second kappa shape index (κ2) is 13.2. The molecule has 0 unspecified atom stereocenters. The van der Waals surface area contributed by atoms with Crippen molar-refractivity contribution in [2.24, 2.45) is 10.9 Å². The SMILES string of the molecule is CCNC(=NCc1ccc(NC(=O)C(C)C)cc1)NCCCn1c(C)nc2ccccc21.I. The van der Waals surface area contributed by atoms with Crippen molar-refractivity contribution in [3.05, 3.63) is 59.9 Å². The number of amides is 1. The van der Waals surface area contributed by atoms with Crippen LogP contribution >= 0.6 is 24.0 Å². The van der Waals surface area contributed by atoms with Crippen LogP contribution in [0.3, 0.4) is 0 Å². The van der Waals surface area contributed by atoms with Crippen molar-refractivity contribution in [2.45, 2.75) is 47.2 Å². The number of aliphatic imine (C=N–C) groups is 1. The third-order valence-electron chi connectivity index (χ3n) is 5.21. The van der Waals surface area contributed by atoms with E-state index in [4.69, 9.17) is 4.99 Å². The van der Waals surface area contributed by atoms with Gasteiger partial charge in [-0.1, -0.05) is 38.1 Å². The van der Waals surface area contributed by atoms with E-state index < -0.39 is 0 Å². The minimum atomic E-state index is -0.0376. The van der Waals surface area contributed by atoms with E-state index in [0.29, 0.717) is 6.54 Å². The van der Waals surface area contributed by atoms with E-state index in [9.17, 15) is 4.79 Å². The summed E-state index contributed by atoms with van der Waals surface area (Å²) in [6, 6.07) is 16.1. The maximum atomic E-state index is 11.8. The summed E-state index contributed by atoms with van der Waals surface area (Å²) >= 11 is 0. The predicted octanol–water partition coefficient (Wildman–Crippen LogP) is 4.70. The van der Waals surface area contributed by atoms with Crippen LogP contribution in [-0.4, -0.2) is 34.5 Å². The minimum absolute atomic E-state index is 0. The fourth-order valence-electron chi connectivity index (χ4n) is 3.41. The number of guanidine groups is 1. The first-order valence-corrected chi connectivity index (χ1v) is 11.3. The molecule has 0 saturated heterocycles. The Morgan fingerprint density at radius 3 is 2.52 bits per heavy atom. The van der Waals surface area contributed by atoms with Crippen molar-refractivity contribution in [1.82, 2.24) is 20.2 Å². The molecule has 7 nitrogen and oxygen atoms in total. The van der Waals surface area contributed by atoms with Crippen LogP contribution < -0.4 is 16.0 Å². The Kier molecular flexibility index (Phi) is 10.6. The molecule has 0 saturated carbocycles. The number of para-hydroxylation sites is 2. The second-order valence-corrected chi connectivity index (χ2v) is 8.12. The van der Waals surface area contributed by atoms with Crippen LogP contribution in [0.1, 0.15) is 38.6 Å². The number of aryl methyl sites for hydroxylation is 2. The summed E-state index contributed by atoms with van der Waals surface area (Å²) in [5, 5.41) is 9.63. The van der Waals surface area contributed by atoms with Gasteiger partial charge in [-0.05, 0) is 50.1 Å². The third kappa shape index (κ3) is 7.73. The highest BCUT2D eigenvalue weighted by Crippen LogP contribution is 2.15. The van der Waals surface area contributed by atoms with E-state index in [-0.39, 0.29) is 35.8 Å². The van der Waals surface area contributed by atoms with Crippen molar-refractivity contribution >= 4 is 52.6 Å². The lowest BCUT2D eigenvalue weighted by atomic mass is 10.2. The van der Waals surface area contributed by atoms with Crippen LogP contribution in [0, 0.1) is 12.8 Å². The zero-order chi connectivity index (χ0) is 22.9. The van der Waals surface area contributed by atoms with Crippen molar-refractivity contribution in [1.29, 1.82) is 0 Å². The second-order valence-electron chi connectivity index (χ2n) is 8.12. The normalized spacial score (nSPS) is 11.4. The molecule has 0 radical (unpaired) electrons. The number of rotatable bonds is 9. The number of carbonyl (C=O) groups excluding carboxylic acids is 1. The molecule has 8 heteroatoms. The van der Waals surface area contributed by atoms with Gasteiger partial charge in [0.15, 0.2) is 5.96 Å². The van der Waals surface area contributed by atoms with Gasteiger partial charge >= 0.3 is 0 Å². The van der Waals surface area contributed by atoms with Gasteiger partial charge in [-0.15, -0.1) is 24.0 Å². The number of halogens is 1. The van der Waals surface area contributed by atoms with Crippen molar-refractivity contribution in [3.63, 3.8) is 0 Å². The van der Waals surface area contributed by atoms with Gasteiger partial charge in [0, 0.05) is 31.2 Å². The maximum Gasteiger partial charge on any atom is 0.226 e. The summed E-state index contributed by atoms with van der Waals surface area (Å²) < 4.78 is 2.26. The number of aromatic nitrogens is 2. The monoisotopic (exact) mass is 562 g/mol. The van der Waals surface area contributed by atoms with Crippen LogP contribution in [-0.2, 0) is 17.9 Å². The largest absolute Gasteiger partial charge is 0.357 e. The Hall–Kier alpha value is -2.62. The number of imidazole rings is 1. The first-order valence-electron chi connectivity index (χ1n) is 11.3. The molecule has 0 aliphatic rings. The molecule has 1 heterocycles. The molecule has 178 valence electrons. The quantitative estimate of drug-likeness (QED) is 0.153. The maximum absolute atomic E-state index is 11.8. The summed E-state index contributed by atoms with van der Waals surface area (Å²) in [5.41, 5.74) is 4.12. The van der Waals surface area contributed by atoms with Crippen LogP contribution in [0.4, 0.5) is 5.69 Å². The standard InChI is InChI=1S/C25H34N6O.HI/c1-5-26-25(28-17-20-11-13-21(14-12-20)30-24(32)18(2)3)27-15-8-16-31-19(4)29-22-9-6-7-10-23(22)31;/h6-7,9-14,18H,5,8,15-17H2,1-4H3,(H,30,32)(H2,26,27,28);1H. The first-order chi connectivity index (χ1) is 15.5. The first kappa shape index (κ1) is 26.6. The fraction of sp³-hybridized carbons (Fsp3) is 0.400. The molecule has 1 amide bonds. The predicted molar refractivity (Wildman–Crippen MR) is 147 cm³/mol. The summed E-state index contributed by atoms with van der Waals surface area (Å²) in [4.78, 5) is 21.1. The van der Waals surface area contributed by atoms with E-state index in [1.165, 1.54) is 5.52 Å². The molecular formula is C25H35IN6O. The molecule has 3 N–H and O–H groups in total. The minimum Gasteiger partial charge on any atom is -0.357 e. The number of hydrogen-bond acceptors (Lipinski definition) is 3. The number of nitrogens with one attached hydrogen (secondary N) is 3. The zero-order valence-corrected chi connectivity index (χ0v) is 22.2. The van der Waals surface area contributed by atoms with Crippen LogP contribution in [0.25, 0.3) is 11.0 Å². The van der Waals surface area contributed by atoms with E-state index in [0.717, 1.165) is 54.6 Å². The van der Waals surface area contributed by atoms with Gasteiger partial charge in [0.2, 0.25) is 5.91 Å². The van der Waals surface area contributed by atoms with Gasteiger partial charge in [0.25, 0.3) is 0 Å². The van der Waals surface area contributed by atoms with E-state index in [1.54, 1.807) is 0 Å². The number of nitrogens with zero attached hydrogens (tertiary/aromatic N) is 3. The molecule has 0 spiro atoms. The van der Waals surface area contributed by atoms with Crippen LogP contribution in [0.2, 0.25) is 0 Å². The van der Waals surface area contributed by atoms with E-state index in [2.05, 4.69) is 57.5 Å². The zero-order valence-electron chi connectivity index (χ0n) is 19.9. The van der Waals surface area contributed by atoms with Crippen LogP contribution in [0.15, 0.2) is 53.5 Å². The Bertz CT molecular complexity index is 1060. The highest BCUT2D eigenvalue weighted by Gasteiger charge is 2.07. The molecule has 33 heavy (non-hydrogen) atoms. The molecule has 0 aliphatic carbocycles. The Morgan fingerprint density at radius 1 is 1.09 bits per heavy atom. The molecule has 0 fully saturated rings. The van der Waals surface area contributed by atoms with Crippen LogP contribution in [0.5, 0.6) is 0 Å². The average molecular weight is 563 g/mol. The number of benzene rings is 2. The topological polar surface area (TPSA) is 83.3 Å². The van der Waals surface area contributed by atoms with Crippen molar-refractivity contribution in [3.8, 4) is 0 Å². The lowest BCUT2D eigenvalue weighted by Gasteiger charge is -2.12. The molecule has 2 aromatic carbocycles.